The fourth-order valence-electron chi connectivity index (χ4n) is 1.08. The first kappa shape index (κ1) is 11.9. The predicted octanol–water partition coefficient (Wildman–Crippen LogP) is 1.94. The first-order valence-corrected chi connectivity index (χ1v) is 4.73. The SMILES string of the molecule is CC(C)C(O)CCCC(C)(C)O. The summed E-state index contributed by atoms with van der Waals surface area (Å²) in [6.07, 6.45) is 2.23. The predicted molar refractivity (Wildman–Crippen MR) is 51.0 cm³/mol. The van der Waals surface area contributed by atoms with E-state index in [0.29, 0.717) is 5.92 Å². The molecule has 0 aliphatic carbocycles. The van der Waals surface area contributed by atoms with Gasteiger partial charge in [-0.1, -0.05) is 13.8 Å². The van der Waals surface area contributed by atoms with Crippen LogP contribution in [0.25, 0.3) is 0 Å². The molecule has 0 aliphatic heterocycles. The number of rotatable bonds is 5. The van der Waals surface area contributed by atoms with Crippen molar-refractivity contribution < 1.29 is 10.2 Å². The standard InChI is InChI=1S/C10H22O2/c1-8(2)9(11)6-5-7-10(3,4)12/h8-9,11-12H,5-7H2,1-4H3. The van der Waals surface area contributed by atoms with E-state index in [1.165, 1.54) is 0 Å². The molecule has 2 N–H and O–H groups in total. The molecular weight excluding hydrogens is 152 g/mol. The van der Waals surface area contributed by atoms with Gasteiger partial charge < -0.3 is 10.2 Å². The molecule has 0 saturated heterocycles. The van der Waals surface area contributed by atoms with Crippen molar-refractivity contribution in [2.75, 3.05) is 0 Å². The molecule has 2 nitrogen and oxygen atoms in total. The lowest BCUT2D eigenvalue weighted by molar-refractivity contribution is 0.0567. The van der Waals surface area contributed by atoms with E-state index >= 15 is 0 Å². The summed E-state index contributed by atoms with van der Waals surface area (Å²) in [6, 6.07) is 0. The van der Waals surface area contributed by atoms with Crippen LogP contribution in [0.5, 0.6) is 0 Å². The van der Waals surface area contributed by atoms with Gasteiger partial charge in [-0.2, -0.15) is 0 Å². The summed E-state index contributed by atoms with van der Waals surface area (Å²) in [6.45, 7) is 7.62. The third-order valence-electron chi connectivity index (χ3n) is 2.06. The maximum Gasteiger partial charge on any atom is 0.0591 e. The average molecular weight is 174 g/mol. The summed E-state index contributed by atoms with van der Waals surface area (Å²) < 4.78 is 0. The van der Waals surface area contributed by atoms with Crippen LogP contribution in [0.3, 0.4) is 0 Å². The molecule has 0 amide bonds. The van der Waals surface area contributed by atoms with Gasteiger partial charge in [0.2, 0.25) is 0 Å². The van der Waals surface area contributed by atoms with Gasteiger partial charge >= 0.3 is 0 Å². The fraction of sp³-hybridized carbons (Fsp3) is 1.00. The molecule has 0 radical (unpaired) electrons. The molecule has 0 bridgehead atoms. The Balaban J connectivity index is 3.44. The Labute approximate surface area is 75.6 Å². The number of hydrogen-bond acceptors (Lipinski definition) is 2. The smallest absolute Gasteiger partial charge is 0.0591 e. The van der Waals surface area contributed by atoms with Crippen LogP contribution in [0.15, 0.2) is 0 Å². The molecule has 0 fully saturated rings. The van der Waals surface area contributed by atoms with Crippen molar-refractivity contribution in [3.8, 4) is 0 Å². The highest BCUT2D eigenvalue weighted by molar-refractivity contribution is 4.67. The van der Waals surface area contributed by atoms with E-state index in [4.69, 9.17) is 0 Å². The lowest BCUT2D eigenvalue weighted by Crippen LogP contribution is -2.20. The Bertz CT molecular complexity index is 113. The molecule has 0 saturated carbocycles. The third-order valence-corrected chi connectivity index (χ3v) is 2.06. The van der Waals surface area contributed by atoms with E-state index in [9.17, 15) is 10.2 Å². The van der Waals surface area contributed by atoms with Crippen LogP contribution in [0.4, 0.5) is 0 Å². The van der Waals surface area contributed by atoms with Crippen LogP contribution < -0.4 is 0 Å². The average Bonchev–Trinajstić information content (AvgIpc) is 1.84. The fourth-order valence-corrected chi connectivity index (χ4v) is 1.08. The molecule has 1 atom stereocenters. The van der Waals surface area contributed by atoms with Crippen molar-refractivity contribution in [3.05, 3.63) is 0 Å². The zero-order valence-electron chi connectivity index (χ0n) is 8.67. The molecule has 0 aromatic heterocycles. The molecule has 0 aliphatic rings. The first-order chi connectivity index (χ1) is 5.33. The van der Waals surface area contributed by atoms with Gasteiger partial charge in [-0.05, 0) is 39.0 Å². The quantitative estimate of drug-likeness (QED) is 0.668. The summed E-state index contributed by atoms with van der Waals surface area (Å²) >= 11 is 0. The summed E-state index contributed by atoms with van der Waals surface area (Å²) in [5.41, 5.74) is -0.587. The molecule has 0 rings (SSSR count). The van der Waals surface area contributed by atoms with Gasteiger partial charge in [-0.25, -0.2) is 0 Å². The maximum absolute atomic E-state index is 9.44. The number of aliphatic hydroxyl groups excluding tert-OH is 1. The topological polar surface area (TPSA) is 40.5 Å². The zero-order valence-corrected chi connectivity index (χ0v) is 8.67. The zero-order chi connectivity index (χ0) is 9.78. The lowest BCUT2D eigenvalue weighted by atomic mass is 9.96. The lowest BCUT2D eigenvalue weighted by Gasteiger charge is -2.19. The minimum Gasteiger partial charge on any atom is -0.393 e. The first-order valence-electron chi connectivity index (χ1n) is 4.73. The van der Waals surface area contributed by atoms with Crippen LogP contribution in [0, 0.1) is 5.92 Å². The maximum atomic E-state index is 9.44. The van der Waals surface area contributed by atoms with Crippen LogP contribution >= 0.6 is 0 Å². The summed E-state index contributed by atoms with van der Waals surface area (Å²) in [5.74, 6) is 0.326. The van der Waals surface area contributed by atoms with E-state index in [0.717, 1.165) is 19.3 Å². The summed E-state index contributed by atoms with van der Waals surface area (Å²) in [4.78, 5) is 0. The highest BCUT2D eigenvalue weighted by Gasteiger charge is 2.14. The van der Waals surface area contributed by atoms with Gasteiger partial charge in [0.15, 0.2) is 0 Å². The van der Waals surface area contributed by atoms with Crippen LogP contribution in [0.1, 0.15) is 47.0 Å². The van der Waals surface area contributed by atoms with Crippen LogP contribution in [-0.2, 0) is 0 Å². The Morgan fingerprint density at radius 2 is 1.75 bits per heavy atom. The molecule has 12 heavy (non-hydrogen) atoms. The second kappa shape index (κ2) is 4.83. The van der Waals surface area contributed by atoms with E-state index in [1.807, 2.05) is 13.8 Å². The highest BCUT2D eigenvalue weighted by atomic mass is 16.3. The summed E-state index contributed by atoms with van der Waals surface area (Å²) in [5, 5.41) is 18.8. The minimum atomic E-state index is -0.587. The van der Waals surface area contributed by atoms with Gasteiger partial charge in [0.1, 0.15) is 0 Å². The van der Waals surface area contributed by atoms with Crippen molar-refractivity contribution in [1.29, 1.82) is 0 Å². The molecular formula is C10H22O2. The largest absolute Gasteiger partial charge is 0.393 e. The number of hydrogen-bond donors (Lipinski definition) is 2. The Morgan fingerprint density at radius 3 is 2.08 bits per heavy atom. The van der Waals surface area contributed by atoms with Crippen molar-refractivity contribution in [2.45, 2.75) is 58.7 Å². The van der Waals surface area contributed by atoms with E-state index in [-0.39, 0.29) is 6.10 Å². The molecule has 0 aromatic carbocycles. The van der Waals surface area contributed by atoms with Crippen LogP contribution in [0.2, 0.25) is 0 Å². The van der Waals surface area contributed by atoms with Crippen LogP contribution in [-0.4, -0.2) is 21.9 Å². The molecule has 74 valence electrons. The highest BCUT2D eigenvalue weighted by Crippen LogP contribution is 2.15. The number of aliphatic hydroxyl groups is 2. The van der Waals surface area contributed by atoms with Crippen molar-refractivity contribution in [2.24, 2.45) is 5.92 Å². The van der Waals surface area contributed by atoms with Gasteiger partial charge in [0, 0.05) is 0 Å². The second-order valence-corrected chi connectivity index (χ2v) is 4.52. The molecule has 0 spiro atoms. The van der Waals surface area contributed by atoms with E-state index in [2.05, 4.69) is 0 Å². The van der Waals surface area contributed by atoms with E-state index < -0.39 is 5.60 Å². The Kier molecular flexibility index (Phi) is 4.80. The summed E-state index contributed by atoms with van der Waals surface area (Å²) in [7, 11) is 0. The van der Waals surface area contributed by atoms with Crippen molar-refractivity contribution in [1.82, 2.24) is 0 Å². The molecule has 1 unspecified atom stereocenters. The molecule has 2 heteroatoms. The van der Waals surface area contributed by atoms with Gasteiger partial charge in [0.05, 0.1) is 11.7 Å². The van der Waals surface area contributed by atoms with E-state index in [1.54, 1.807) is 13.8 Å². The molecule has 0 heterocycles. The second-order valence-electron chi connectivity index (χ2n) is 4.52. The van der Waals surface area contributed by atoms with Crippen molar-refractivity contribution >= 4 is 0 Å². The monoisotopic (exact) mass is 174 g/mol. The van der Waals surface area contributed by atoms with Crippen molar-refractivity contribution in [3.63, 3.8) is 0 Å². The Hall–Kier alpha value is -0.0800. The Morgan fingerprint density at radius 1 is 1.25 bits per heavy atom. The van der Waals surface area contributed by atoms with Gasteiger partial charge in [-0.15, -0.1) is 0 Å². The minimum absolute atomic E-state index is 0.215. The molecule has 0 aromatic rings. The van der Waals surface area contributed by atoms with Gasteiger partial charge in [-0.3, -0.25) is 0 Å². The van der Waals surface area contributed by atoms with Gasteiger partial charge in [0.25, 0.3) is 0 Å². The normalized spacial score (nSPS) is 15.2. The third kappa shape index (κ3) is 6.62.